The summed E-state index contributed by atoms with van der Waals surface area (Å²) in [6.45, 7) is 1.95. The van der Waals surface area contributed by atoms with Crippen molar-refractivity contribution in [2.75, 3.05) is 0 Å². The van der Waals surface area contributed by atoms with Gasteiger partial charge in [-0.25, -0.2) is 0 Å². The highest BCUT2D eigenvalue weighted by atomic mass is 16.6. The Bertz CT molecular complexity index is 982. The number of nitro benzene ring substituents is 1. The molecule has 2 heterocycles. The molecule has 22 heavy (non-hydrogen) atoms. The number of hydrogen-bond acceptors (Lipinski definition) is 4. The Morgan fingerprint density at radius 3 is 2.50 bits per heavy atom. The highest BCUT2D eigenvalue weighted by Gasteiger charge is 2.19. The lowest BCUT2D eigenvalue weighted by atomic mass is 10.2. The van der Waals surface area contributed by atoms with Crippen LogP contribution >= 0.6 is 0 Å². The van der Waals surface area contributed by atoms with Gasteiger partial charge in [-0.2, -0.15) is 0 Å². The minimum absolute atomic E-state index is 0.141. The fourth-order valence-electron chi connectivity index (χ4n) is 2.46. The van der Waals surface area contributed by atoms with Crippen LogP contribution < -0.4 is 11.1 Å². The van der Waals surface area contributed by atoms with Crippen LogP contribution in [0.1, 0.15) is 6.92 Å². The van der Waals surface area contributed by atoms with Gasteiger partial charge < -0.3 is 14.1 Å². The molecule has 3 rings (SSSR count). The van der Waals surface area contributed by atoms with Gasteiger partial charge in [-0.3, -0.25) is 19.7 Å². The molecule has 0 aliphatic heterocycles. The summed E-state index contributed by atoms with van der Waals surface area (Å²) in [5.74, 6) is 0. The molecule has 0 amide bonds. The lowest BCUT2D eigenvalue weighted by Gasteiger charge is -2.10. The van der Waals surface area contributed by atoms with E-state index < -0.39 is 16.0 Å². The van der Waals surface area contributed by atoms with Crippen LogP contribution in [0.2, 0.25) is 0 Å². The van der Waals surface area contributed by atoms with Crippen LogP contribution in [0.15, 0.2) is 46.2 Å². The number of nitrogens with one attached hydrogen (secondary N) is 1. The number of aryl methyl sites for hydroxylation is 1. The summed E-state index contributed by atoms with van der Waals surface area (Å²) in [7, 11) is 0. The van der Waals surface area contributed by atoms with Gasteiger partial charge >= 0.3 is 11.1 Å². The Morgan fingerprint density at radius 1 is 1.23 bits per heavy atom. The third kappa shape index (κ3) is 2.01. The van der Waals surface area contributed by atoms with Gasteiger partial charge in [0.05, 0.1) is 16.0 Å². The number of nitro groups is 1. The number of nitrogens with zero attached hydrogens (tertiary/aromatic N) is 3. The van der Waals surface area contributed by atoms with E-state index in [-0.39, 0.29) is 12.2 Å². The van der Waals surface area contributed by atoms with Gasteiger partial charge in [0.15, 0.2) is 0 Å². The first-order valence-corrected chi connectivity index (χ1v) is 6.61. The van der Waals surface area contributed by atoms with E-state index in [0.717, 1.165) is 0 Å². The smallest absolute Gasteiger partial charge is 0.316 e. The van der Waals surface area contributed by atoms with Gasteiger partial charge in [0, 0.05) is 25.0 Å². The van der Waals surface area contributed by atoms with E-state index >= 15 is 0 Å². The second kappa shape index (κ2) is 4.99. The molecule has 8 heteroatoms. The van der Waals surface area contributed by atoms with Gasteiger partial charge in [0.25, 0.3) is 5.69 Å². The standard InChI is InChI=1S/C14H12N4O4/c1-2-17-10-8-12(18(21)22)11(16-5-3-4-6-16)7-9(10)15-13(19)14(17)20/h3-8H,2H2,1H3,(H,15,19). The number of rotatable bonds is 3. The lowest BCUT2D eigenvalue weighted by Crippen LogP contribution is -2.36. The van der Waals surface area contributed by atoms with Crippen molar-refractivity contribution in [3.63, 3.8) is 0 Å². The molecular weight excluding hydrogens is 288 g/mol. The molecule has 0 saturated heterocycles. The molecule has 0 aliphatic carbocycles. The minimum atomic E-state index is -0.748. The second-order valence-electron chi connectivity index (χ2n) is 4.71. The van der Waals surface area contributed by atoms with Gasteiger partial charge in [0.1, 0.15) is 5.69 Å². The van der Waals surface area contributed by atoms with E-state index in [0.29, 0.717) is 16.7 Å². The van der Waals surface area contributed by atoms with Crippen molar-refractivity contribution in [2.45, 2.75) is 13.5 Å². The monoisotopic (exact) mass is 300 g/mol. The minimum Gasteiger partial charge on any atom is -0.318 e. The van der Waals surface area contributed by atoms with Crippen molar-refractivity contribution in [3.05, 3.63) is 67.5 Å². The molecule has 2 aromatic heterocycles. The quantitative estimate of drug-likeness (QED) is 0.448. The van der Waals surface area contributed by atoms with Crippen LogP contribution in [-0.4, -0.2) is 19.0 Å². The lowest BCUT2D eigenvalue weighted by molar-refractivity contribution is -0.384. The summed E-state index contributed by atoms with van der Waals surface area (Å²) in [6, 6.07) is 6.29. The maximum Gasteiger partial charge on any atom is 0.316 e. The van der Waals surface area contributed by atoms with E-state index in [2.05, 4.69) is 4.98 Å². The first-order chi connectivity index (χ1) is 10.5. The largest absolute Gasteiger partial charge is 0.318 e. The maximum atomic E-state index is 11.9. The van der Waals surface area contributed by atoms with E-state index in [9.17, 15) is 19.7 Å². The van der Waals surface area contributed by atoms with Gasteiger partial charge in [0.2, 0.25) is 0 Å². The van der Waals surface area contributed by atoms with Crippen molar-refractivity contribution in [2.24, 2.45) is 0 Å². The molecule has 0 atom stereocenters. The molecule has 0 bridgehead atoms. The predicted molar refractivity (Wildman–Crippen MR) is 80.5 cm³/mol. The molecule has 8 nitrogen and oxygen atoms in total. The second-order valence-corrected chi connectivity index (χ2v) is 4.71. The Labute approximate surface area is 123 Å². The fourth-order valence-corrected chi connectivity index (χ4v) is 2.46. The average Bonchev–Trinajstić information content (AvgIpc) is 3.01. The van der Waals surface area contributed by atoms with Gasteiger partial charge in [-0.15, -0.1) is 0 Å². The zero-order valence-electron chi connectivity index (χ0n) is 11.6. The van der Waals surface area contributed by atoms with Crippen molar-refractivity contribution < 1.29 is 4.92 Å². The highest BCUT2D eigenvalue weighted by Crippen LogP contribution is 2.27. The predicted octanol–water partition coefficient (Wildman–Crippen LogP) is 1.41. The molecule has 0 radical (unpaired) electrons. The van der Waals surface area contributed by atoms with Crippen LogP contribution in [0.25, 0.3) is 16.7 Å². The van der Waals surface area contributed by atoms with Crippen LogP contribution in [0.5, 0.6) is 0 Å². The normalized spacial score (nSPS) is 11.0. The number of benzene rings is 1. The van der Waals surface area contributed by atoms with Crippen molar-refractivity contribution in [1.82, 2.24) is 14.1 Å². The third-order valence-electron chi connectivity index (χ3n) is 3.47. The number of hydrogen-bond donors (Lipinski definition) is 1. The molecule has 0 saturated carbocycles. The molecule has 1 aromatic carbocycles. The zero-order chi connectivity index (χ0) is 15.9. The summed E-state index contributed by atoms with van der Waals surface area (Å²) < 4.78 is 2.80. The Kier molecular flexibility index (Phi) is 3.13. The maximum absolute atomic E-state index is 11.9. The topological polar surface area (TPSA) is 103 Å². The zero-order valence-corrected chi connectivity index (χ0v) is 11.6. The SMILES string of the molecule is CCn1c(=O)c(=O)[nH]c2cc(-n3cccc3)c([N+](=O)[O-])cc21. The van der Waals surface area contributed by atoms with Gasteiger partial charge in [-0.05, 0) is 25.1 Å². The Morgan fingerprint density at radius 2 is 1.91 bits per heavy atom. The summed E-state index contributed by atoms with van der Waals surface area (Å²) in [4.78, 5) is 36.9. The van der Waals surface area contributed by atoms with Crippen LogP contribution in [0, 0.1) is 10.1 Å². The molecule has 0 fully saturated rings. The van der Waals surface area contributed by atoms with E-state index in [1.807, 2.05) is 0 Å². The average molecular weight is 300 g/mol. The summed E-state index contributed by atoms with van der Waals surface area (Å²) in [6.07, 6.45) is 3.34. The van der Waals surface area contributed by atoms with Crippen molar-refractivity contribution in [3.8, 4) is 5.69 Å². The first kappa shape index (κ1) is 13.8. The molecule has 0 spiro atoms. The van der Waals surface area contributed by atoms with Gasteiger partial charge in [-0.1, -0.05) is 0 Å². The number of fused-ring (bicyclic) bond motifs is 1. The number of aromatic nitrogens is 3. The first-order valence-electron chi connectivity index (χ1n) is 6.61. The molecule has 0 aliphatic rings. The summed E-state index contributed by atoms with van der Waals surface area (Å²) in [5, 5.41) is 11.3. The van der Waals surface area contributed by atoms with Crippen LogP contribution in [0.4, 0.5) is 5.69 Å². The van der Waals surface area contributed by atoms with E-state index in [1.54, 1.807) is 36.0 Å². The molecule has 1 N–H and O–H groups in total. The van der Waals surface area contributed by atoms with E-state index in [1.165, 1.54) is 16.7 Å². The fraction of sp³-hybridized carbons (Fsp3) is 0.143. The Balaban J connectivity index is 2.47. The molecule has 0 unspecified atom stereocenters. The Hall–Kier alpha value is -3.16. The highest BCUT2D eigenvalue weighted by molar-refractivity contribution is 5.82. The van der Waals surface area contributed by atoms with Crippen LogP contribution in [0.3, 0.4) is 0 Å². The third-order valence-corrected chi connectivity index (χ3v) is 3.47. The van der Waals surface area contributed by atoms with Crippen LogP contribution in [-0.2, 0) is 6.54 Å². The summed E-state index contributed by atoms with van der Waals surface area (Å²) in [5.41, 5.74) is -0.591. The number of aromatic amines is 1. The van der Waals surface area contributed by atoms with E-state index in [4.69, 9.17) is 0 Å². The van der Waals surface area contributed by atoms with Crippen molar-refractivity contribution in [1.29, 1.82) is 0 Å². The molecule has 112 valence electrons. The number of H-pyrrole nitrogens is 1. The summed E-state index contributed by atoms with van der Waals surface area (Å²) >= 11 is 0. The van der Waals surface area contributed by atoms with Crippen molar-refractivity contribution >= 4 is 16.7 Å². The molecule has 3 aromatic rings. The molecular formula is C14H12N4O4.